The number of nitrogens with one attached hydrogen (secondary N) is 2. The highest BCUT2D eigenvalue weighted by atomic mass is 35.5. The fourth-order valence-electron chi connectivity index (χ4n) is 5.26. The Balaban J connectivity index is 0.000000205. The standard InChI is InChI=1S/C21H19FN4.C15H17ClFN3.C7H6BNO2/c1-21(2,16-7-9-17(22)10-8-16)14-24-20-12-11-19(25-26-20)15-5-4-6-18(13-15)23-3;1-10-8-13(19-20-14(10)16)18-9-15(2,3)11-4-6-12(17)7-5-11;1-9-7-4-2-3-6(5-7)8(10)11/h4-13H,14H2,1-2H3,(H,24,26);4-8H,9H2,1-3H3,(H,18,19);2-5,10-11H. The topological polar surface area (TPSA) is 125 Å². The fraction of sp³-hybridized carbons (Fsp3) is 0.209. The van der Waals surface area contributed by atoms with Gasteiger partial charge in [-0.3, -0.25) is 0 Å². The van der Waals surface area contributed by atoms with Crippen LogP contribution in [0.4, 0.5) is 31.8 Å². The van der Waals surface area contributed by atoms with Crippen molar-refractivity contribution in [1.82, 2.24) is 20.4 Å². The van der Waals surface area contributed by atoms with E-state index in [9.17, 15) is 8.78 Å². The van der Waals surface area contributed by atoms with E-state index in [-0.39, 0.29) is 22.5 Å². The van der Waals surface area contributed by atoms with Crippen molar-refractivity contribution in [3.8, 4) is 11.3 Å². The van der Waals surface area contributed by atoms with Crippen LogP contribution in [0.15, 0.2) is 115 Å². The van der Waals surface area contributed by atoms with Gasteiger partial charge in [-0.2, -0.15) is 0 Å². The van der Waals surface area contributed by atoms with Crippen molar-refractivity contribution in [2.45, 2.75) is 45.4 Å². The smallest absolute Gasteiger partial charge is 0.423 e. The van der Waals surface area contributed by atoms with Crippen molar-refractivity contribution >= 4 is 47.2 Å². The monoisotopic (exact) mass is 786 g/mol. The van der Waals surface area contributed by atoms with E-state index in [1.54, 1.807) is 54.6 Å². The minimum absolute atomic E-state index is 0.150. The molecule has 14 heteroatoms. The van der Waals surface area contributed by atoms with Crippen molar-refractivity contribution in [3.63, 3.8) is 0 Å². The molecular formula is C43H42BClF2N8O2. The largest absolute Gasteiger partial charge is 0.487 e. The summed E-state index contributed by atoms with van der Waals surface area (Å²) in [4.78, 5) is 6.57. The molecule has 0 aliphatic rings. The van der Waals surface area contributed by atoms with Gasteiger partial charge in [-0.1, -0.05) is 106 Å². The van der Waals surface area contributed by atoms with Crippen LogP contribution in [0.2, 0.25) is 5.15 Å². The second-order valence-electron chi connectivity index (χ2n) is 14.2. The van der Waals surface area contributed by atoms with Gasteiger partial charge < -0.3 is 20.7 Å². The molecule has 0 amide bonds. The third-order valence-corrected chi connectivity index (χ3v) is 9.21. The molecule has 2 heterocycles. The summed E-state index contributed by atoms with van der Waals surface area (Å²) in [5.74, 6) is 0.894. The molecule has 4 N–H and O–H groups in total. The van der Waals surface area contributed by atoms with E-state index in [0.717, 1.165) is 27.9 Å². The van der Waals surface area contributed by atoms with Crippen molar-refractivity contribution in [2.75, 3.05) is 23.7 Å². The lowest BCUT2D eigenvalue weighted by Gasteiger charge is -2.26. The van der Waals surface area contributed by atoms with Crippen LogP contribution in [-0.4, -0.2) is 50.7 Å². The first-order valence-electron chi connectivity index (χ1n) is 17.7. The van der Waals surface area contributed by atoms with Gasteiger partial charge in [0, 0.05) is 23.9 Å². The van der Waals surface area contributed by atoms with Crippen molar-refractivity contribution in [1.29, 1.82) is 0 Å². The van der Waals surface area contributed by atoms with E-state index >= 15 is 0 Å². The van der Waals surface area contributed by atoms with Crippen LogP contribution in [0.5, 0.6) is 0 Å². The summed E-state index contributed by atoms with van der Waals surface area (Å²) in [5, 5.41) is 40.7. The van der Waals surface area contributed by atoms with E-state index in [2.05, 4.69) is 68.4 Å². The highest BCUT2D eigenvalue weighted by Crippen LogP contribution is 2.26. The average Bonchev–Trinajstić information content (AvgIpc) is 3.21. The van der Waals surface area contributed by atoms with Crippen LogP contribution >= 0.6 is 11.6 Å². The van der Waals surface area contributed by atoms with E-state index in [4.69, 9.17) is 34.8 Å². The summed E-state index contributed by atoms with van der Waals surface area (Å²) in [7, 11) is -1.49. The number of rotatable bonds is 10. The Morgan fingerprint density at radius 1 is 0.649 bits per heavy atom. The maximum atomic E-state index is 13.1. The Labute approximate surface area is 337 Å². The Bertz CT molecular complexity index is 2310. The highest BCUT2D eigenvalue weighted by Gasteiger charge is 2.22. The van der Waals surface area contributed by atoms with Crippen molar-refractivity contribution in [2.24, 2.45) is 0 Å². The van der Waals surface area contributed by atoms with Crippen LogP contribution in [0, 0.1) is 31.7 Å². The second kappa shape index (κ2) is 20.1. The zero-order valence-electron chi connectivity index (χ0n) is 32.2. The normalized spacial score (nSPS) is 10.7. The summed E-state index contributed by atoms with van der Waals surface area (Å²) in [6.45, 7) is 25.3. The molecule has 290 valence electrons. The molecule has 4 aromatic carbocycles. The SMILES string of the molecule is Cc1cc(NCC(C)(C)c2ccc(F)cc2)nnc1Cl.[C-]#[N+]c1cccc(-c2ccc(NCC(C)(C)c3ccc(F)cc3)nn2)c1.[C-]#[N+]c1cccc(B(O)O)c1. The third kappa shape index (κ3) is 13.2. The number of aromatic nitrogens is 4. The zero-order chi connectivity index (χ0) is 41.6. The molecule has 10 nitrogen and oxygen atoms in total. The summed E-state index contributed by atoms with van der Waals surface area (Å²) >= 11 is 5.84. The fourth-order valence-corrected chi connectivity index (χ4v) is 5.35. The molecule has 0 unspecified atom stereocenters. The minimum atomic E-state index is -1.49. The molecule has 0 aliphatic heterocycles. The van der Waals surface area contributed by atoms with E-state index in [1.807, 2.05) is 37.3 Å². The molecule has 0 atom stereocenters. The van der Waals surface area contributed by atoms with Crippen LogP contribution in [0.1, 0.15) is 44.4 Å². The molecule has 57 heavy (non-hydrogen) atoms. The summed E-state index contributed by atoms with van der Waals surface area (Å²) in [5.41, 5.74) is 5.58. The first-order chi connectivity index (χ1) is 27.1. The molecule has 0 radical (unpaired) electrons. The molecular weight excluding hydrogens is 745 g/mol. The first-order valence-corrected chi connectivity index (χ1v) is 18.1. The molecule has 0 saturated heterocycles. The summed E-state index contributed by atoms with van der Waals surface area (Å²) < 4.78 is 26.1. The van der Waals surface area contributed by atoms with Gasteiger partial charge in [-0.15, -0.1) is 20.4 Å². The Morgan fingerprint density at radius 3 is 1.65 bits per heavy atom. The maximum absolute atomic E-state index is 13.1. The van der Waals surface area contributed by atoms with Crippen molar-refractivity contribution < 1.29 is 18.8 Å². The predicted molar refractivity (Wildman–Crippen MR) is 224 cm³/mol. The number of nitrogens with zero attached hydrogens (tertiary/aromatic N) is 6. The van der Waals surface area contributed by atoms with Gasteiger partial charge in [0.2, 0.25) is 0 Å². The first kappa shape index (κ1) is 43.5. The molecule has 0 fully saturated rings. The van der Waals surface area contributed by atoms with Gasteiger partial charge in [-0.25, -0.2) is 18.5 Å². The number of anilines is 2. The summed E-state index contributed by atoms with van der Waals surface area (Å²) in [6, 6.07) is 32.2. The van der Waals surface area contributed by atoms with Crippen LogP contribution in [0.25, 0.3) is 20.9 Å². The molecule has 0 spiro atoms. The average molecular weight is 787 g/mol. The molecule has 2 aromatic heterocycles. The Kier molecular flexibility index (Phi) is 15.3. The number of benzene rings is 4. The molecule has 6 aromatic rings. The van der Waals surface area contributed by atoms with Gasteiger partial charge in [0.25, 0.3) is 0 Å². The number of halogens is 3. The molecule has 0 saturated carbocycles. The van der Waals surface area contributed by atoms with Gasteiger partial charge in [0.05, 0.1) is 18.8 Å². The van der Waals surface area contributed by atoms with Gasteiger partial charge >= 0.3 is 7.12 Å². The van der Waals surface area contributed by atoms with E-state index < -0.39 is 7.12 Å². The molecule has 0 bridgehead atoms. The number of hydrogen-bond donors (Lipinski definition) is 4. The van der Waals surface area contributed by atoms with Crippen LogP contribution < -0.4 is 16.1 Å². The number of aryl methyl sites for hydroxylation is 1. The second-order valence-corrected chi connectivity index (χ2v) is 14.6. The lowest BCUT2D eigenvalue weighted by atomic mass is 9.80. The van der Waals surface area contributed by atoms with Crippen LogP contribution in [0.3, 0.4) is 0 Å². The number of hydrogen-bond acceptors (Lipinski definition) is 8. The third-order valence-electron chi connectivity index (χ3n) is 8.83. The van der Waals surface area contributed by atoms with E-state index in [0.29, 0.717) is 46.7 Å². The lowest BCUT2D eigenvalue weighted by Crippen LogP contribution is -2.29. The van der Waals surface area contributed by atoms with Crippen molar-refractivity contribution in [3.05, 3.63) is 172 Å². The highest BCUT2D eigenvalue weighted by molar-refractivity contribution is 6.58. The van der Waals surface area contributed by atoms with Crippen LogP contribution in [-0.2, 0) is 10.8 Å². The minimum Gasteiger partial charge on any atom is -0.423 e. The maximum Gasteiger partial charge on any atom is 0.487 e. The Morgan fingerprint density at radius 2 is 1.16 bits per heavy atom. The molecule has 6 rings (SSSR count). The van der Waals surface area contributed by atoms with Gasteiger partial charge in [0.15, 0.2) is 16.5 Å². The Hall–Kier alpha value is -6.25. The van der Waals surface area contributed by atoms with Gasteiger partial charge in [0.1, 0.15) is 23.3 Å². The summed E-state index contributed by atoms with van der Waals surface area (Å²) in [6.07, 6.45) is 0. The quantitative estimate of drug-likeness (QED) is 0.0801. The lowest BCUT2D eigenvalue weighted by molar-refractivity contribution is 0.426. The molecule has 0 aliphatic carbocycles. The predicted octanol–water partition coefficient (Wildman–Crippen LogP) is 9.11. The zero-order valence-corrected chi connectivity index (χ0v) is 32.9. The van der Waals surface area contributed by atoms with E-state index in [1.165, 1.54) is 30.3 Å². The van der Waals surface area contributed by atoms with Gasteiger partial charge in [-0.05, 0) is 83.2 Å².